The van der Waals surface area contributed by atoms with Crippen molar-refractivity contribution in [2.24, 2.45) is 0 Å². The Bertz CT molecular complexity index is 258. The molecule has 2 atom stereocenters. The molecular formula is C15H29NO3. The van der Waals surface area contributed by atoms with Gasteiger partial charge in [-0.1, -0.05) is 6.42 Å². The first-order chi connectivity index (χ1) is 9.14. The number of hydrogen-bond donors (Lipinski definition) is 1. The molecule has 2 heterocycles. The summed E-state index contributed by atoms with van der Waals surface area (Å²) < 4.78 is 10.4. The van der Waals surface area contributed by atoms with Gasteiger partial charge in [-0.15, -0.1) is 0 Å². The fraction of sp³-hybridized carbons (Fsp3) is 1.00. The Labute approximate surface area is 117 Å². The molecule has 2 bridgehead atoms. The number of fused-ring (bicyclic) bond motifs is 2. The summed E-state index contributed by atoms with van der Waals surface area (Å²) in [6, 6.07) is 1.18. The van der Waals surface area contributed by atoms with Crippen LogP contribution in [0.15, 0.2) is 0 Å². The number of piperidine rings is 2. The molecule has 0 amide bonds. The Balaban J connectivity index is 1.70. The second-order valence-electron chi connectivity index (χ2n) is 6.25. The first-order valence-electron chi connectivity index (χ1n) is 7.66. The van der Waals surface area contributed by atoms with Crippen molar-refractivity contribution in [2.75, 3.05) is 34.0 Å². The summed E-state index contributed by atoms with van der Waals surface area (Å²) in [5, 5.41) is 10.8. The van der Waals surface area contributed by atoms with Crippen molar-refractivity contribution in [3.63, 3.8) is 0 Å². The highest BCUT2D eigenvalue weighted by molar-refractivity contribution is 4.98. The lowest BCUT2D eigenvalue weighted by molar-refractivity contribution is -0.0902. The van der Waals surface area contributed by atoms with Crippen LogP contribution in [0.2, 0.25) is 0 Å². The minimum Gasteiger partial charge on any atom is -0.390 e. The molecule has 0 aliphatic carbocycles. The van der Waals surface area contributed by atoms with Gasteiger partial charge in [0.25, 0.3) is 0 Å². The maximum atomic E-state index is 10.8. The predicted molar refractivity (Wildman–Crippen MR) is 75.3 cm³/mol. The van der Waals surface area contributed by atoms with E-state index < -0.39 is 5.60 Å². The van der Waals surface area contributed by atoms with E-state index >= 15 is 0 Å². The number of ether oxygens (including phenoxy) is 2. The molecule has 0 aromatic heterocycles. The molecule has 2 unspecified atom stereocenters. The summed E-state index contributed by atoms with van der Waals surface area (Å²) in [6.45, 7) is 2.04. The third kappa shape index (κ3) is 4.15. The number of hydrogen-bond acceptors (Lipinski definition) is 4. The maximum absolute atomic E-state index is 10.8. The Morgan fingerprint density at radius 1 is 1.16 bits per heavy atom. The van der Waals surface area contributed by atoms with E-state index in [4.69, 9.17) is 9.47 Å². The van der Waals surface area contributed by atoms with Crippen LogP contribution >= 0.6 is 0 Å². The monoisotopic (exact) mass is 271 g/mol. The van der Waals surface area contributed by atoms with Gasteiger partial charge in [0, 0.05) is 25.8 Å². The summed E-state index contributed by atoms with van der Waals surface area (Å²) in [6.07, 6.45) is 7.54. The molecule has 0 aromatic rings. The van der Waals surface area contributed by atoms with E-state index in [-0.39, 0.29) is 0 Å². The normalized spacial score (nSPS) is 35.5. The van der Waals surface area contributed by atoms with Gasteiger partial charge in [0.2, 0.25) is 0 Å². The maximum Gasteiger partial charge on any atom is 0.0700 e. The topological polar surface area (TPSA) is 41.9 Å². The Morgan fingerprint density at radius 2 is 1.84 bits per heavy atom. The molecule has 112 valence electrons. The van der Waals surface area contributed by atoms with E-state index in [1.54, 1.807) is 7.11 Å². The van der Waals surface area contributed by atoms with Gasteiger partial charge in [0.15, 0.2) is 0 Å². The number of aliphatic hydroxyl groups is 1. The molecule has 2 rings (SSSR count). The molecule has 2 fully saturated rings. The zero-order valence-corrected chi connectivity index (χ0v) is 12.4. The lowest BCUT2D eigenvalue weighted by Gasteiger charge is -2.50. The van der Waals surface area contributed by atoms with Crippen molar-refractivity contribution in [1.29, 1.82) is 0 Å². The largest absolute Gasteiger partial charge is 0.390 e. The smallest absolute Gasteiger partial charge is 0.0700 e. The van der Waals surface area contributed by atoms with Gasteiger partial charge in [-0.05, 0) is 45.6 Å². The first kappa shape index (κ1) is 15.2. The summed E-state index contributed by atoms with van der Waals surface area (Å²) in [5.74, 6) is 0. The number of methoxy groups -OCH3 is 1. The van der Waals surface area contributed by atoms with Crippen LogP contribution in [0.25, 0.3) is 0 Å². The van der Waals surface area contributed by atoms with E-state index in [0.29, 0.717) is 25.3 Å². The first-order valence-corrected chi connectivity index (χ1v) is 7.66. The van der Waals surface area contributed by atoms with E-state index in [1.165, 1.54) is 19.3 Å². The second kappa shape index (κ2) is 7.02. The van der Waals surface area contributed by atoms with Crippen LogP contribution in [0.3, 0.4) is 0 Å². The second-order valence-corrected chi connectivity index (χ2v) is 6.25. The van der Waals surface area contributed by atoms with Crippen molar-refractivity contribution < 1.29 is 14.6 Å². The molecule has 2 aliphatic heterocycles. The quantitative estimate of drug-likeness (QED) is 0.717. The molecule has 2 aliphatic rings. The van der Waals surface area contributed by atoms with E-state index in [1.807, 2.05) is 0 Å². The fourth-order valence-electron chi connectivity index (χ4n) is 3.70. The van der Waals surface area contributed by atoms with Crippen LogP contribution in [0.4, 0.5) is 0 Å². The Kier molecular flexibility index (Phi) is 5.63. The summed E-state index contributed by atoms with van der Waals surface area (Å²) >= 11 is 0. The molecule has 19 heavy (non-hydrogen) atoms. The molecule has 0 radical (unpaired) electrons. The lowest BCUT2D eigenvalue weighted by Crippen LogP contribution is -2.56. The molecule has 4 heteroatoms. The van der Waals surface area contributed by atoms with Gasteiger partial charge >= 0.3 is 0 Å². The SMILES string of the molecule is COCCOCCCC1(O)CC2CCCC(C1)N2C. The lowest BCUT2D eigenvalue weighted by atomic mass is 9.74. The zero-order chi connectivity index (χ0) is 13.7. The van der Waals surface area contributed by atoms with Gasteiger partial charge in [-0.25, -0.2) is 0 Å². The minimum atomic E-state index is -0.452. The van der Waals surface area contributed by atoms with Crippen LogP contribution in [0.1, 0.15) is 44.9 Å². The summed E-state index contributed by atoms with van der Waals surface area (Å²) in [4.78, 5) is 2.49. The van der Waals surface area contributed by atoms with Crippen LogP contribution < -0.4 is 0 Å². The molecule has 0 spiro atoms. The Morgan fingerprint density at radius 3 is 2.47 bits per heavy atom. The van der Waals surface area contributed by atoms with Gasteiger partial charge < -0.3 is 19.5 Å². The molecule has 0 saturated carbocycles. The van der Waals surface area contributed by atoms with Crippen LogP contribution in [0, 0.1) is 0 Å². The summed E-state index contributed by atoms with van der Waals surface area (Å²) in [5.41, 5.74) is -0.452. The third-order valence-corrected chi connectivity index (χ3v) is 4.82. The van der Waals surface area contributed by atoms with Crippen molar-refractivity contribution in [3.05, 3.63) is 0 Å². The molecular weight excluding hydrogens is 242 g/mol. The third-order valence-electron chi connectivity index (χ3n) is 4.82. The van der Waals surface area contributed by atoms with Gasteiger partial charge in [-0.2, -0.15) is 0 Å². The van der Waals surface area contributed by atoms with Crippen LogP contribution in [0.5, 0.6) is 0 Å². The highest BCUT2D eigenvalue weighted by atomic mass is 16.5. The predicted octanol–water partition coefficient (Wildman–Crippen LogP) is 1.81. The molecule has 1 N–H and O–H groups in total. The van der Waals surface area contributed by atoms with Gasteiger partial charge in [-0.3, -0.25) is 0 Å². The molecule has 0 aromatic carbocycles. The average molecular weight is 271 g/mol. The summed E-state index contributed by atoms with van der Waals surface area (Å²) in [7, 11) is 3.91. The highest BCUT2D eigenvalue weighted by Gasteiger charge is 2.43. The van der Waals surface area contributed by atoms with Crippen molar-refractivity contribution in [2.45, 2.75) is 62.6 Å². The fourth-order valence-corrected chi connectivity index (χ4v) is 3.70. The van der Waals surface area contributed by atoms with Crippen molar-refractivity contribution >= 4 is 0 Å². The number of rotatable bonds is 7. The van der Waals surface area contributed by atoms with Crippen LogP contribution in [-0.4, -0.2) is 61.7 Å². The van der Waals surface area contributed by atoms with Crippen LogP contribution in [-0.2, 0) is 9.47 Å². The molecule has 4 nitrogen and oxygen atoms in total. The van der Waals surface area contributed by atoms with E-state index in [9.17, 15) is 5.11 Å². The van der Waals surface area contributed by atoms with E-state index in [0.717, 1.165) is 32.3 Å². The van der Waals surface area contributed by atoms with Crippen molar-refractivity contribution in [1.82, 2.24) is 4.90 Å². The van der Waals surface area contributed by atoms with Crippen molar-refractivity contribution in [3.8, 4) is 0 Å². The van der Waals surface area contributed by atoms with E-state index in [2.05, 4.69) is 11.9 Å². The minimum absolute atomic E-state index is 0.452. The van der Waals surface area contributed by atoms with Gasteiger partial charge in [0.05, 0.1) is 18.8 Å². The standard InChI is InChI=1S/C15H29NO3/c1-16-13-5-3-6-14(16)12-15(17,11-13)7-4-8-19-10-9-18-2/h13-14,17H,3-12H2,1-2H3. The highest BCUT2D eigenvalue weighted by Crippen LogP contribution is 2.40. The van der Waals surface area contributed by atoms with Gasteiger partial charge in [0.1, 0.15) is 0 Å². The Hall–Kier alpha value is -0.160. The average Bonchev–Trinajstić information content (AvgIpc) is 2.36. The zero-order valence-electron chi connectivity index (χ0n) is 12.4. The number of nitrogens with zero attached hydrogens (tertiary/aromatic N) is 1. The molecule has 2 saturated heterocycles.